The lowest BCUT2D eigenvalue weighted by Crippen LogP contribution is -2.39. The van der Waals surface area contributed by atoms with Crippen molar-refractivity contribution in [2.24, 2.45) is 5.92 Å². The number of hydrogen-bond donors (Lipinski definition) is 1. The van der Waals surface area contributed by atoms with Gasteiger partial charge in [-0.2, -0.15) is 0 Å². The van der Waals surface area contributed by atoms with Crippen LogP contribution in [0, 0.1) is 5.92 Å². The van der Waals surface area contributed by atoms with Gasteiger partial charge in [0.15, 0.2) is 11.5 Å². The molecule has 1 aliphatic rings. The third kappa shape index (κ3) is 6.12. The number of ether oxygens (including phenoxy) is 4. The molecule has 34 heavy (non-hydrogen) atoms. The Morgan fingerprint density at radius 1 is 0.912 bits per heavy atom. The molecule has 2 aromatic rings. The highest BCUT2D eigenvalue weighted by molar-refractivity contribution is 5.95. The van der Waals surface area contributed by atoms with E-state index in [0.717, 1.165) is 30.6 Å². The topological polar surface area (TPSA) is 86.3 Å². The molecule has 0 bridgehead atoms. The molecule has 3 rings (SSSR count). The van der Waals surface area contributed by atoms with E-state index in [9.17, 15) is 9.59 Å². The van der Waals surface area contributed by atoms with Gasteiger partial charge in [-0.15, -0.1) is 0 Å². The summed E-state index contributed by atoms with van der Waals surface area (Å²) in [5.74, 6) is 2.41. The highest BCUT2D eigenvalue weighted by atomic mass is 16.5. The molecule has 1 heterocycles. The van der Waals surface area contributed by atoms with Crippen molar-refractivity contribution in [2.75, 3.05) is 48.1 Å². The zero-order valence-electron chi connectivity index (χ0n) is 20.4. The second kappa shape index (κ2) is 12.2. The maximum absolute atomic E-state index is 13.1. The van der Waals surface area contributed by atoms with Crippen LogP contribution in [0.1, 0.15) is 35.2 Å². The molecule has 184 valence electrons. The number of carbonyl (C=O) groups excluding carboxylic acids is 2. The largest absolute Gasteiger partial charge is 0.496 e. The molecule has 2 aromatic carbocycles. The van der Waals surface area contributed by atoms with Gasteiger partial charge in [-0.05, 0) is 48.9 Å². The van der Waals surface area contributed by atoms with Crippen molar-refractivity contribution < 1.29 is 28.5 Å². The van der Waals surface area contributed by atoms with Gasteiger partial charge in [0.05, 0.1) is 28.4 Å². The van der Waals surface area contributed by atoms with E-state index in [1.54, 1.807) is 19.2 Å². The number of rotatable bonds is 10. The lowest BCUT2D eigenvalue weighted by molar-refractivity contribution is -0.122. The highest BCUT2D eigenvalue weighted by Crippen LogP contribution is 2.38. The van der Waals surface area contributed by atoms with Gasteiger partial charge in [-0.25, -0.2) is 0 Å². The van der Waals surface area contributed by atoms with Gasteiger partial charge in [-0.3, -0.25) is 9.59 Å². The number of methoxy groups -OCH3 is 4. The molecule has 0 aliphatic carbocycles. The van der Waals surface area contributed by atoms with E-state index >= 15 is 0 Å². The SMILES string of the molecule is COc1ccccc1CCNC(=O)CC1CCN(C(=O)c2cc(OC)c(OC)c(OC)c2)CC1. The number of nitrogens with zero attached hydrogens (tertiary/aromatic N) is 1. The Morgan fingerprint density at radius 2 is 1.53 bits per heavy atom. The molecule has 1 N–H and O–H groups in total. The molecular weight excluding hydrogens is 436 g/mol. The fraction of sp³-hybridized carbons (Fsp3) is 0.462. The molecule has 1 fully saturated rings. The monoisotopic (exact) mass is 470 g/mol. The van der Waals surface area contributed by atoms with Crippen LogP contribution in [-0.2, 0) is 11.2 Å². The zero-order valence-corrected chi connectivity index (χ0v) is 20.4. The van der Waals surface area contributed by atoms with E-state index < -0.39 is 0 Å². The van der Waals surface area contributed by atoms with Gasteiger partial charge < -0.3 is 29.2 Å². The molecule has 8 nitrogen and oxygen atoms in total. The fourth-order valence-corrected chi connectivity index (χ4v) is 4.31. The number of likely N-dealkylation sites (tertiary alicyclic amines) is 1. The van der Waals surface area contributed by atoms with Gasteiger partial charge in [0.2, 0.25) is 11.7 Å². The van der Waals surface area contributed by atoms with E-state index in [-0.39, 0.29) is 17.7 Å². The van der Waals surface area contributed by atoms with Crippen LogP contribution in [0.5, 0.6) is 23.0 Å². The summed E-state index contributed by atoms with van der Waals surface area (Å²) in [6.45, 7) is 1.78. The van der Waals surface area contributed by atoms with Crippen LogP contribution < -0.4 is 24.3 Å². The van der Waals surface area contributed by atoms with Crippen LogP contribution in [0.4, 0.5) is 0 Å². The number of hydrogen-bond acceptors (Lipinski definition) is 6. The third-order valence-electron chi connectivity index (χ3n) is 6.20. The first-order chi connectivity index (χ1) is 16.5. The Labute approximate surface area is 201 Å². The molecule has 1 aliphatic heterocycles. The van der Waals surface area contributed by atoms with Gasteiger partial charge in [0, 0.05) is 31.6 Å². The lowest BCUT2D eigenvalue weighted by Gasteiger charge is -2.32. The summed E-state index contributed by atoms with van der Waals surface area (Å²) in [6, 6.07) is 11.2. The van der Waals surface area contributed by atoms with Crippen LogP contribution in [0.2, 0.25) is 0 Å². The average Bonchev–Trinajstić information content (AvgIpc) is 2.88. The van der Waals surface area contributed by atoms with Crippen LogP contribution in [-0.4, -0.2) is 64.8 Å². The average molecular weight is 471 g/mol. The minimum Gasteiger partial charge on any atom is -0.496 e. The first kappa shape index (κ1) is 25.2. The summed E-state index contributed by atoms with van der Waals surface area (Å²) < 4.78 is 21.4. The number of amides is 2. The quantitative estimate of drug-likeness (QED) is 0.573. The van der Waals surface area contributed by atoms with E-state index in [1.807, 2.05) is 29.2 Å². The maximum atomic E-state index is 13.1. The van der Waals surface area contributed by atoms with E-state index in [0.29, 0.717) is 48.9 Å². The highest BCUT2D eigenvalue weighted by Gasteiger charge is 2.26. The van der Waals surface area contributed by atoms with Gasteiger partial charge in [-0.1, -0.05) is 18.2 Å². The van der Waals surface area contributed by atoms with Gasteiger partial charge >= 0.3 is 0 Å². The predicted molar refractivity (Wildman–Crippen MR) is 129 cm³/mol. The molecular formula is C26H34N2O6. The number of piperidine rings is 1. The molecule has 0 saturated carbocycles. The predicted octanol–water partition coefficient (Wildman–Crippen LogP) is 3.32. The number of para-hydroxylation sites is 1. The zero-order chi connectivity index (χ0) is 24.5. The van der Waals surface area contributed by atoms with Gasteiger partial charge in [0.1, 0.15) is 5.75 Å². The molecule has 0 radical (unpaired) electrons. The number of carbonyl (C=O) groups is 2. The Bertz CT molecular complexity index is 960. The smallest absolute Gasteiger partial charge is 0.254 e. The molecule has 8 heteroatoms. The molecule has 0 atom stereocenters. The minimum absolute atomic E-state index is 0.0456. The maximum Gasteiger partial charge on any atom is 0.254 e. The molecule has 0 aromatic heterocycles. The van der Waals surface area contributed by atoms with Crippen molar-refractivity contribution >= 4 is 11.8 Å². The Balaban J connectivity index is 1.48. The van der Waals surface area contributed by atoms with E-state index in [1.165, 1.54) is 21.3 Å². The number of nitrogens with one attached hydrogen (secondary N) is 1. The normalized spacial score (nSPS) is 13.8. The van der Waals surface area contributed by atoms with Crippen molar-refractivity contribution in [1.29, 1.82) is 0 Å². The summed E-state index contributed by atoms with van der Waals surface area (Å²) >= 11 is 0. The summed E-state index contributed by atoms with van der Waals surface area (Å²) in [7, 11) is 6.23. The second-order valence-corrected chi connectivity index (χ2v) is 8.27. The van der Waals surface area contributed by atoms with Crippen LogP contribution in [0.15, 0.2) is 36.4 Å². The lowest BCUT2D eigenvalue weighted by atomic mass is 9.92. The van der Waals surface area contributed by atoms with Crippen LogP contribution in [0.25, 0.3) is 0 Å². The Morgan fingerprint density at radius 3 is 2.12 bits per heavy atom. The van der Waals surface area contributed by atoms with Crippen LogP contribution >= 0.6 is 0 Å². The van der Waals surface area contributed by atoms with E-state index in [4.69, 9.17) is 18.9 Å². The summed E-state index contributed by atoms with van der Waals surface area (Å²) in [6.07, 6.45) is 2.77. The van der Waals surface area contributed by atoms with Crippen molar-refractivity contribution in [3.8, 4) is 23.0 Å². The molecule has 1 saturated heterocycles. The van der Waals surface area contributed by atoms with Crippen molar-refractivity contribution in [3.05, 3.63) is 47.5 Å². The Kier molecular flexibility index (Phi) is 9.01. The van der Waals surface area contributed by atoms with Crippen LogP contribution in [0.3, 0.4) is 0 Å². The second-order valence-electron chi connectivity index (χ2n) is 8.27. The molecule has 0 spiro atoms. The Hall–Kier alpha value is -3.42. The summed E-state index contributed by atoms with van der Waals surface area (Å²) in [5.41, 5.74) is 1.56. The summed E-state index contributed by atoms with van der Waals surface area (Å²) in [5, 5.41) is 3.01. The van der Waals surface area contributed by atoms with Crippen molar-refractivity contribution in [2.45, 2.75) is 25.7 Å². The van der Waals surface area contributed by atoms with Crippen molar-refractivity contribution in [1.82, 2.24) is 10.2 Å². The molecule has 2 amide bonds. The van der Waals surface area contributed by atoms with Crippen molar-refractivity contribution in [3.63, 3.8) is 0 Å². The fourth-order valence-electron chi connectivity index (χ4n) is 4.31. The first-order valence-corrected chi connectivity index (χ1v) is 11.5. The summed E-state index contributed by atoms with van der Waals surface area (Å²) in [4.78, 5) is 27.3. The minimum atomic E-state index is -0.0843. The standard InChI is InChI=1S/C26H34N2O6/c1-31-21-8-6-5-7-19(21)9-12-27-24(29)15-18-10-13-28(14-11-18)26(30)20-16-22(32-2)25(34-4)23(17-20)33-3/h5-8,16-18H,9-15H2,1-4H3,(H,27,29). The molecule has 0 unspecified atom stereocenters. The van der Waals surface area contributed by atoms with E-state index in [2.05, 4.69) is 5.32 Å². The third-order valence-corrected chi connectivity index (χ3v) is 6.20. The van der Waals surface area contributed by atoms with Gasteiger partial charge in [0.25, 0.3) is 5.91 Å². The first-order valence-electron chi connectivity index (χ1n) is 11.5. The number of benzene rings is 2.